The van der Waals surface area contributed by atoms with Crippen molar-refractivity contribution in [1.82, 2.24) is 0 Å². The zero-order chi connectivity index (χ0) is 8.97. The van der Waals surface area contributed by atoms with Crippen molar-refractivity contribution < 1.29 is 9.53 Å². The molecule has 1 aromatic rings. The minimum Gasteiger partial charge on any atom is -0.423 e. The van der Waals surface area contributed by atoms with Gasteiger partial charge in [-0.15, -0.1) is 0 Å². The highest BCUT2D eigenvalue weighted by Gasteiger charge is 1.98. The van der Waals surface area contributed by atoms with Crippen molar-refractivity contribution in [3.8, 4) is 5.75 Å². The van der Waals surface area contributed by atoms with Crippen LogP contribution in [-0.2, 0) is 4.79 Å². The summed E-state index contributed by atoms with van der Waals surface area (Å²) in [5, 5.41) is 0.532. The summed E-state index contributed by atoms with van der Waals surface area (Å²) in [5.74, 6) is -0.0651. The molecule has 0 bridgehead atoms. The first-order valence-electron chi connectivity index (χ1n) is 3.32. The molecule has 0 heterocycles. The van der Waals surface area contributed by atoms with Crippen molar-refractivity contribution >= 4 is 17.6 Å². The summed E-state index contributed by atoms with van der Waals surface area (Å²) in [5.41, 5.74) is 0. The molecule has 0 unspecified atom stereocenters. The molecule has 1 rings (SSSR count). The average Bonchev–Trinajstić information content (AvgIpc) is 2.04. The molecule has 1 aromatic carbocycles. The van der Waals surface area contributed by atoms with E-state index in [1.54, 1.807) is 24.3 Å². The van der Waals surface area contributed by atoms with Crippen molar-refractivity contribution in [3.63, 3.8) is 0 Å². The Morgan fingerprint density at radius 3 is 2.92 bits per heavy atom. The summed E-state index contributed by atoms with van der Waals surface area (Å²) in [6, 6.07) is 6.61. The van der Waals surface area contributed by atoms with Gasteiger partial charge in [0.25, 0.3) is 0 Å². The zero-order valence-corrected chi connectivity index (χ0v) is 7.04. The number of benzene rings is 1. The molecule has 0 fully saturated rings. The van der Waals surface area contributed by atoms with Crippen molar-refractivity contribution in [2.75, 3.05) is 0 Å². The van der Waals surface area contributed by atoms with Gasteiger partial charge in [-0.3, -0.25) is 0 Å². The van der Waals surface area contributed by atoms with Gasteiger partial charge >= 0.3 is 5.97 Å². The number of rotatable bonds is 2. The van der Waals surface area contributed by atoms with Gasteiger partial charge in [-0.1, -0.05) is 24.2 Å². The molecule has 0 amide bonds. The second-order valence-electron chi connectivity index (χ2n) is 2.08. The van der Waals surface area contributed by atoms with Crippen LogP contribution in [0.1, 0.15) is 0 Å². The van der Waals surface area contributed by atoms with Gasteiger partial charge in [-0.2, -0.15) is 0 Å². The van der Waals surface area contributed by atoms with Gasteiger partial charge in [0.1, 0.15) is 5.75 Å². The number of esters is 1. The molecule has 0 atom stereocenters. The standard InChI is InChI=1S/C9H7ClO2/c1-2-9(11)12-8-5-3-4-7(10)6-8/h2-6H,1H2. The number of hydrogen-bond donors (Lipinski definition) is 0. The Morgan fingerprint density at radius 2 is 2.33 bits per heavy atom. The van der Waals surface area contributed by atoms with Crippen LogP contribution < -0.4 is 4.74 Å². The Hall–Kier alpha value is -1.28. The van der Waals surface area contributed by atoms with Crippen LogP contribution in [0.2, 0.25) is 5.02 Å². The quantitative estimate of drug-likeness (QED) is 0.399. The molecule has 0 aliphatic rings. The molecule has 0 N–H and O–H groups in total. The molecule has 0 saturated heterocycles. The normalized spacial score (nSPS) is 9.08. The van der Waals surface area contributed by atoms with Gasteiger partial charge in [0, 0.05) is 11.1 Å². The van der Waals surface area contributed by atoms with Crippen LogP contribution in [0, 0.1) is 0 Å². The lowest BCUT2D eigenvalue weighted by atomic mass is 10.3. The van der Waals surface area contributed by atoms with Gasteiger partial charge < -0.3 is 4.74 Å². The predicted molar refractivity (Wildman–Crippen MR) is 47.3 cm³/mol. The van der Waals surface area contributed by atoms with Gasteiger partial charge in [0.2, 0.25) is 0 Å². The largest absolute Gasteiger partial charge is 0.423 e. The molecule has 0 spiro atoms. The lowest BCUT2D eigenvalue weighted by Crippen LogP contribution is -2.02. The van der Waals surface area contributed by atoms with E-state index in [0.29, 0.717) is 10.8 Å². The van der Waals surface area contributed by atoms with E-state index in [2.05, 4.69) is 6.58 Å². The molecule has 0 aliphatic carbocycles. The monoisotopic (exact) mass is 182 g/mol. The van der Waals surface area contributed by atoms with Gasteiger partial charge in [0.15, 0.2) is 0 Å². The van der Waals surface area contributed by atoms with E-state index in [0.717, 1.165) is 6.08 Å². The van der Waals surface area contributed by atoms with Crippen LogP contribution in [0.15, 0.2) is 36.9 Å². The Morgan fingerprint density at radius 1 is 1.58 bits per heavy atom. The number of halogens is 1. The van der Waals surface area contributed by atoms with E-state index in [1.165, 1.54) is 0 Å². The topological polar surface area (TPSA) is 26.3 Å². The van der Waals surface area contributed by atoms with E-state index < -0.39 is 5.97 Å². The first-order valence-corrected chi connectivity index (χ1v) is 3.70. The molecule has 3 heteroatoms. The summed E-state index contributed by atoms with van der Waals surface area (Å²) in [4.78, 5) is 10.7. The van der Waals surface area contributed by atoms with Crippen LogP contribution in [0.5, 0.6) is 5.75 Å². The molecule has 2 nitrogen and oxygen atoms in total. The summed E-state index contributed by atoms with van der Waals surface area (Å²) < 4.78 is 4.80. The molecule has 0 aliphatic heterocycles. The van der Waals surface area contributed by atoms with Crippen LogP contribution in [0.4, 0.5) is 0 Å². The van der Waals surface area contributed by atoms with E-state index in [1.807, 2.05) is 0 Å². The number of carbonyl (C=O) groups excluding carboxylic acids is 1. The Bertz CT molecular complexity index is 307. The summed E-state index contributed by atoms with van der Waals surface area (Å²) >= 11 is 5.65. The maximum atomic E-state index is 10.7. The third-order valence-electron chi connectivity index (χ3n) is 1.18. The summed E-state index contributed by atoms with van der Waals surface area (Å²) in [7, 11) is 0. The SMILES string of the molecule is C=CC(=O)Oc1cccc(Cl)c1. The van der Waals surface area contributed by atoms with Crippen LogP contribution in [-0.4, -0.2) is 5.97 Å². The van der Waals surface area contributed by atoms with Crippen LogP contribution >= 0.6 is 11.6 Å². The summed E-state index contributed by atoms with van der Waals surface area (Å²) in [6.07, 6.45) is 1.10. The minimum absolute atomic E-state index is 0.424. The van der Waals surface area contributed by atoms with Crippen molar-refractivity contribution in [3.05, 3.63) is 41.9 Å². The number of ether oxygens (including phenoxy) is 1. The Balaban J connectivity index is 2.76. The molecular weight excluding hydrogens is 176 g/mol. The number of carbonyl (C=O) groups is 1. The van der Waals surface area contributed by atoms with Crippen LogP contribution in [0.25, 0.3) is 0 Å². The van der Waals surface area contributed by atoms with Crippen molar-refractivity contribution in [2.24, 2.45) is 0 Å². The molecule has 0 aromatic heterocycles. The third-order valence-corrected chi connectivity index (χ3v) is 1.42. The fraction of sp³-hybridized carbons (Fsp3) is 0. The maximum Gasteiger partial charge on any atom is 0.335 e. The Kier molecular flexibility index (Phi) is 2.88. The number of hydrogen-bond acceptors (Lipinski definition) is 2. The lowest BCUT2D eigenvalue weighted by Gasteiger charge is -1.99. The van der Waals surface area contributed by atoms with E-state index >= 15 is 0 Å². The van der Waals surface area contributed by atoms with Crippen molar-refractivity contribution in [2.45, 2.75) is 0 Å². The molecule has 62 valence electrons. The van der Waals surface area contributed by atoms with Gasteiger partial charge in [-0.25, -0.2) is 4.79 Å². The van der Waals surface area contributed by atoms with Gasteiger partial charge in [0.05, 0.1) is 0 Å². The zero-order valence-electron chi connectivity index (χ0n) is 6.29. The smallest absolute Gasteiger partial charge is 0.335 e. The molecular formula is C9H7ClO2. The fourth-order valence-corrected chi connectivity index (χ4v) is 0.869. The highest BCUT2D eigenvalue weighted by molar-refractivity contribution is 6.30. The van der Waals surface area contributed by atoms with E-state index in [4.69, 9.17) is 16.3 Å². The maximum absolute atomic E-state index is 10.7. The van der Waals surface area contributed by atoms with E-state index in [-0.39, 0.29) is 0 Å². The molecule has 12 heavy (non-hydrogen) atoms. The first kappa shape index (κ1) is 8.81. The molecule has 0 saturated carbocycles. The molecule has 0 radical (unpaired) electrons. The fourth-order valence-electron chi connectivity index (χ4n) is 0.688. The Labute approximate surface area is 75.4 Å². The minimum atomic E-state index is -0.489. The third kappa shape index (κ3) is 2.40. The highest BCUT2D eigenvalue weighted by Crippen LogP contribution is 2.16. The first-order chi connectivity index (χ1) is 5.72. The summed E-state index contributed by atoms with van der Waals surface area (Å²) in [6.45, 7) is 3.27. The second kappa shape index (κ2) is 3.93. The van der Waals surface area contributed by atoms with Crippen molar-refractivity contribution in [1.29, 1.82) is 0 Å². The van der Waals surface area contributed by atoms with Gasteiger partial charge in [-0.05, 0) is 18.2 Å². The lowest BCUT2D eigenvalue weighted by molar-refractivity contribution is -0.128. The predicted octanol–water partition coefficient (Wildman–Crippen LogP) is 2.43. The average molecular weight is 183 g/mol. The van der Waals surface area contributed by atoms with Crippen LogP contribution in [0.3, 0.4) is 0 Å². The highest BCUT2D eigenvalue weighted by atomic mass is 35.5. The van der Waals surface area contributed by atoms with E-state index in [9.17, 15) is 4.79 Å². The second-order valence-corrected chi connectivity index (χ2v) is 2.52.